The van der Waals surface area contributed by atoms with Gasteiger partial charge in [-0.3, -0.25) is 5.10 Å². The molecule has 0 bridgehead atoms. The van der Waals surface area contributed by atoms with Crippen molar-refractivity contribution in [1.82, 2.24) is 10.2 Å². The first-order valence-corrected chi connectivity index (χ1v) is 3.38. The molecule has 1 aromatic rings. The summed E-state index contributed by atoms with van der Waals surface area (Å²) in [5.41, 5.74) is 6.90. The number of fused-ring (bicyclic) bond motifs is 1. The first-order chi connectivity index (χ1) is 4.86. The van der Waals surface area contributed by atoms with Gasteiger partial charge in [0, 0.05) is 18.2 Å². The van der Waals surface area contributed by atoms with Crippen molar-refractivity contribution in [2.45, 2.75) is 12.5 Å². The predicted octanol–water partition coefficient (Wildman–Crippen LogP) is -0.295. The molecule has 4 N–H and O–H groups in total. The molecule has 0 saturated heterocycles. The fraction of sp³-hybridized carbons (Fsp3) is 0.500. The van der Waals surface area contributed by atoms with E-state index in [9.17, 15) is 0 Å². The van der Waals surface area contributed by atoms with Gasteiger partial charge >= 0.3 is 0 Å². The number of hydrogen-bond donors (Lipinski definition) is 3. The lowest BCUT2D eigenvalue weighted by Crippen LogP contribution is -2.34. The van der Waals surface area contributed by atoms with E-state index in [0.29, 0.717) is 0 Å². The standard InChI is InChI=1S/C6H10N4/c7-5-1-4-2-9-10-6(4)8-3-5/h2,5H,1,3,7H2,(H2,8,9,10). The molecule has 0 spiro atoms. The summed E-state index contributed by atoms with van der Waals surface area (Å²) in [6.07, 6.45) is 2.75. The summed E-state index contributed by atoms with van der Waals surface area (Å²) in [4.78, 5) is 0. The Kier molecular flexibility index (Phi) is 1.14. The average molecular weight is 138 g/mol. The minimum absolute atomic E-state index is 0.241. The Labute approximate surface area is 58.8 Å². The second kappa shape index (κ2) is 1.98. The number of hydrogen-bond acceptors (Lipinski definition) is 3. The van der Waals surface area contributed by atoms with Crippen molar-refractivity contribution >= 4 is 5.82 Å². The number of nitrogens with one attached hydrogen (secondary N) is 2. The van der Waals surface area contributed by atoms with Crippen LogP contribution in [0.1, 0.15) is 5.56 Å². The summed E-state index contributed by atoms with van der Waals surface area (Å²) < 4.78 is 0. The summed E-state index contributed by atoms with van der Waals surface area (Å²) in [6, 6.07) is 0.241. The van der Waals surface area contributed by atoms with Crippen LogP contribution in [0.2, 0.25) is 0 Å². The molecule has 10 heavy (non-hydrogen) atoms. The first-order valence-electron chi connectivity index (χ1n) is 3.38. The summed E-state index contributed by atoms with van der Waals surface area (Å²) in [5, 5.41) is 9.91. The summed E-state index contributed by atoms with van der Waals surface area (Å²) in [5.74, 6) is 1.03. The third-order valence-electron chi connectivity index (χ3n) is 1.74. The van der Waals surface area contributed by atoms with E-state index in [0.717, 1.165) is 18.8 Å². The lowest BCUT2D eigenvalue weighted by molar-refractivity contribution is 0.678. The Morgan fingerprint density at radius 2 is 2.60 bits per heavy atom. The first kappa shape index (κ1) is 5.73. The van der Waals surface area contributed by atoms with E-state index in [1.165, 1.54) is 5.56 Å². The Balaban J connectivity index is 2.30. The van der Waals surface area contributed by atoms with Crippen molar-refractivity contribution in [3.63, 3.8) is 0 Å². The highest BCUT2D eigenvalue weighted by Crippen LogP contribution is 2.16. The molecule has 1 aliphatic rings. The largest absolute Gasteiger partial charge is 0.369 e. The van der Waals surface area contributed by atoms with E-state index >= 15 is 0 Å². The van der Waals surface area contributed by atoms with Gasteiger partial charge in [-0.15, -0.1) is 0 Å². The molecule has 4 nitrogen and oxygen atoms in total. The zero-order chi connectivity index (χ0) is 6.97. The second-order valence-corrected chi connectivity index (χ2v) is 2.62. The molecule has 0 aliphatic carbocycles. The molecule has 0 saturated carbocycles. The molecule has 1 aromatic heterocycles. The second-order valence-electron chi connectivity index (χ2n) is 2.62. The minimum Gasteiger partial charge on any atom is -0.369 e. The highest BCUT2D eigenvalue weighted by atomic mass is 15.2. The zero-order valence-electron chi connectivity index (χ0n) is 5.59. The third kappa shape index (κ3) is 0.769. The predicted molar refractivity (Wildman–Crippen MR) is 38.8 cm³/mol. The molecule has 1 unspecified atom stereocenters. The van der Waals surface area contributed by atoms with Gasteiger partial charge in [-0.2, -0.15) is 5.10 Å². The molecule has 1 atom stereocenters. The van der Waals surface area contributed by atoms with Gasteiger partial charge < -0.3 is 11.1 Å². The number of nitrogens with zero attached hydrogens (tertiary/aromatic N) is 1. The Bertz CT molecular complexity index is 229. The molecule has 0 amide bonds. The van der Waals surface area contributed by atoms with Gasteiger partial charge in [-0.1, -0.05) is 0 Å². The number of H-pyrrole nitrogens is 1. The summed E-state index contributed by atoms with van der Waals surface area (Å²) in [7, 11) is 0. The fourth-order valence-electron chi connectivity index (χ4n) is 1.21. The molecule has 1 aliphatic heterocycles. The maximum atomic E-state index is 5.70. The molecule has 4 heteroatoms. The Hall–Kier alpha value is -1.03. The van der Waals surface area contributed by atoms with Gasteiger partial charge in [-0.25, -0.2) is 0 Å². The molecule has 2 heterocycles. The van der Waals surface area contributed by atoms with Crippen LogP contribution in [0.25, 0.3) is 0 Å². The van der Waals surface area contributed by atoms with Crippen LogP contribution in [-0.2, 0) is 6.42 Å². The lowest BCUT2D eigenvalue weighted by Gasteiger charge is -2.18. The van der Waals surface area contributed by atoms with Gasteiger partial charge in [0.1, 0.15) is 5.82 Å². The number of anilines is 1. The van der Waals surface area contributed by atoms with Crippen molar-refractivity contribution in [3.05, 3.63) is 11.8 Å². The van der Waals surface area contributed by atoms with Crippen molar-refractivity contribution in [1.29, 1.82) is 0 Å². The van der Waals surface area contributed by atoms with Gasteiger partial charge in [0.2, 0.25) is 0 Å². The van der Waals surface area contributed by atoms with E-state index < -0.39 is 0 Å². The van der Waals surface area contributed by atoms with E-state index in [1.54, 1.807) is 0 Å². The average Bonchev–Trinajstić information content (AvgIpc) is 2.33. The van der Waals surface area contributed by atoms with Crippen molar-refractivity contribution < 1.29 is 0 Å². The van der Waals surface area contributed by atoms with Crippen molar-refractivity contribution in [2.75, 3.05) is 11.9 Å². The van der Waals surface area contributed by atoms with Crippen LogP contribution in [0.4, 0.5) is 5.82 Å². The van der Waals surface area contributed by atoms with E-state index in [2.05, 4.69) is 15.5 Å². The van der Waals surface area contributed by atoms with E-state index in [-0.39, 0.29) is 6.04 Å². The van der Waals surface area contributed by atoms with Crippen LogP contribution in [0.3, 0.4) is 0 Å². The minimum atomic E-state index is 0.241. The van der Waals surface area contributed by atoms with Crippen LogP contribution >= 0.6 is 0 Å². The topological polar surface area (TPSA) is 66.7 Å². The molecule has 0 fully saturated rings. The van der Waals surface area contributed by atoms with Gasteiger partial charge in [-0.05, 0) is 6.42 Å². The monoisotopic (exact) mass is 138 g/mol. The van der Waals surface area contributed by atoms with Crippen molar-refractivity contribution in [2.24, 2.45) is 5.73 Å². The van der Waals surface area contributed by atoms with Crippen LogP contribution < -0.4 is 11.1 Å². The fourth-order valence-corrected chi connectivity index (χ4v) is 1.21. The molecular weight excluding hydrogens is 128 g/mol. The molecule has 2 rings (SSSR count). The van der Waals surface area contributed by atoms with Crippen LogP contribution in [0, 0.1) is 0 Å². The highest BCUT2D eigenvalue weighted by molar-refractivity contribution is 5.45. The van der Waals surface area contributed by atoms with E-state index in [4.69, 9.17) is 5.73 Å². The molecular formula is C6H10N4. The smallest absolute Gasteiger partial charge is 0.124 e. The molecule has 0 radical (unpaired) electrons. The Morgan fingerprint density at radius 3 is 3.50 bits per heavy atom. The number of nitrogens with two attached hydrogens (primary N) is 1. The molecule has 0 aromatic carbocycles. The number of aromatic nitrogens is 2. The van der Waals surface area contributed by atoms with Crippen LogP contribution in [0.15, 0.2) is 6.20 Å². The van der Waals surface area contributed by atoms with Gasteiger partial charge in [0.05, 0.1) is 6.20 Å². The SMILES string of the molecule is NC1CNc2[nH]ncc2C1. The summed E-state index contributed by atoms with van der Waals surface area (Å²) in [6.45, 7) is 0.842. The van der Waals surface area contributed by atoms with Gasteiger partial charge in [0.25, 0.3) is 0 Å². The maximum Gasteiger partial charge on any atom is 0.124 e. The summed E-state index contributed by atoms with van der Waals surface area (Å²) >= 11 is 0. The van der Waals surface area contributed by atoms with Crippen LogP contribution in [-0.4, -0.2) is 22.8 Å². The maximum absolute atomic E-state index is 5.70. The van der Waals surface area contributed by atoms with Crippen molar-refractivity contribution in [3.8, 4) is 0 Å². The molecule has 54 valence electrons. The third-order valence-corrected chi connectivity index (χ3v) is 1.74. The lowest BCUT2D eigenvalue weighted by atomic mass is 10.1. The van der Waals surface area contributed by atoms with Gasteiger partial charge in [0.15, 0.2) is 0 Å². The van der Waals surface area contributed by atoms with Crippen LogP contribution in [0.5, 0.6) is 0 Å². The quantitative estimate of drug-likeness (QED) is 0.461. The normalized spacial score (nSPS) is 23.5. The highest BCUT2D eigenvalue weighted by Gasteiger charge is 2.15. The van der Waals surface area contributed by atoms with E-state index in [1.807, 2.05) is 6.20 Å². The number of rotatable bonds is 0. The zero-order valence-corrected chi connectivity index (χ0v) is 5.59. The Morgan fingerprint density at radius 1 is 1.70 bits per heavy atom. The number of aromatic amines is 1.